The summed E-state index contributed by atoms with van der Waals surface area (Å²) < 4.78 is 5.39. The molecule has 5 nitrogen and oxygen atoms in total. The lowest BCUT2D eigenvalue weighted by molar-refractivity contribution is -0.138. The molecular formula is C24H24N2O3. The third kappa shape index (κ3) is 4.44. The molecule has 148 valence electrons. The highest BCUT2D eigenvalue weighted by molar-refractivity contribution is 6.21. The lowest BCUT2D eigenvalue weighted by atomic mass is 9.79. The lowest BCUT2D eigenvalue weighted by Gasteiger charge is -2.22. The molecule has 1 aliphatic carbocycles. The van der Waals surface area contributed by atoms with Gasteiger partial charge in [-0.3, -0.25) is 4.79 Å². The van der Waals surface area contributed by atoms with Gasteiger partial charge >= 0.3 is 5.97 Å². The maximum Gasteiger partial charge on any atom is 0.349 e. The Labute approximate surface area is 171 Å². The first-order valence-electron chi connectivity index (χ1n) is 9.88. The van der Waals surface area contributed by atoms with Crippen molar-refractivity contribution in [3.05, 3.63) is 76.4 Å². The number of fused-ring (bicyclic) bond motifs is 2. The smallest absolute Gasteiger partial charge is 0.349 e. The van der Waals surface area contributed by atoms with Crippen molar-refractivity contribution in [2.24, 2.45) is 0 Å². The minimum Gasteiger partial charge on any atom is -0.462 e. The third-order valence-corrected chi connectivity index (χ3v) is 5.00. The van der Waals surface area contributed by atoms with Gasteiger partial charge in [0.05, 0.1) is 6.61 Å². The molecule has 5 heteroatoms. The van der Waals surface area contributed by atoms with Gasteiger partial charge in [0.15, 0.2) is 5.78 Å². The topological polar surface area (TPSA) is 79.2 Å². The van der Waals surface area contributed by atoms with Crippen LogP contribution in [-0.4, -0.2) is 32.0 Å². The number of nitrogens with one attached hydrogen (secondary N) is 1. The Bertz CT molecular complexity index is 934. The van der Waals surface area contributed by atoms with Crippen LogP contribution in [0.15, 0.2) is 54.1 Å². The molecule has 2 aromatic carbocycles. The van der Waals surface area contributed by atoms with Gasteiger partial charge < -0.3 is 10.1 Å². The van der Waals surface area contributed by atoms with E-state index in [1.807, 2.05) is 13.1 Å². The number of rotatable bonds is 8. The van der Waals surface area contributed by atoms with E-state index in [1.165, 1.54) is 0 Å². The Balaban J connectivity index is 1.86. The van der Waals surface area contributed by atoms with Crippen LogP contribution in [0.2, 0.25) is 0 Å². The fraction of sp³-hybridized carbons (Fsp3) is 0.292. The van der Waals surface area contributed by atoms with Crippen molar-refractivity contribution in [3.8, 4) is 6.07 Å². The maximum atomic E-state index is 12.8. The van der Waals surface area contributed by atoms with E-state index in [1.54, 1.807) is 48.5 Å². The fourth-order valence-electron chi connectivity index (χ4n) is 3.56. The van der Waals surface area contributed by atoms with Crippen LogP contribution >= 0.6 is 0 Å². The zero-order chi connectivity index (χ0) is 20.6. The molecule has 0 saturated carbocycles. The predicted octanol–water partition coefficient (Wildman–Crippen LogP) is 3.88. The van der Waals surface area contributed by atoms with Crippen molar-refractivity contribution in [1.29, 1.82) is 5.26 Å². The Morgan fingerprint density at radius 2 is 1.48 bits per heavy atom. The van der Waals surface area contributed by atoms with E-state index >= 15 is 0 Å². The van der Waals surface area contributed by atoms with Crippen LogP contribution < -0.4 is 5.32 Å². The van der Waals surface area contributed by atoms with Gasteiger partial charge in [0.2, 0.25) is 0 Å². The molecule has 0 fully saturated rings. The molecule has 0 bridgehead atoms. The van der Waals surface area contributed by atoms with Gasteiger partial charge in [0.1, 0.15) is 11.6 Å². The number of hydrogen-bond acceptors (Lipinski definition) is 5. The molecule has 1 N–H and O–H groups in total. The second-order valence-corrected chi connectivity index (χ2v) is 6.94. The first-order chi connectivity index (χ1) is 14.2. The number of benzene rings is 2. The summed E-state index contributed by atoms with van der Waals surface area (Å²) in [6, 6.07) is 16.2. The van der Waals surface area contributed by atoms with E-state index < -0.39 is 5.97 Å². The van der Waals surface area contributed by atoms with Crippen LogP contribution in [-0.2, 0) is 9.53 Å². The highest BCUT2D eigenvalue weighted by Gasteiger charge is 2.30. The zero-order valence-corrected chi connectivity index (χ0v) is 16.5. The van der Waals surface area contributed by atoms with Crippen LogP contribution in [0.25, 0.3) is 5.57 Å². The number of carbonyl (C=O) groups excluding carboxylic acids is 2. The third-order valence-electron chi connectivity index (χ3n) is 5.00. The first-order valence-corrected chi connectivity index (χ1v) is 9.88. The number of nitriles is 1. The quantitative estimate of drug-likeness (QED) is 0.274. The molecule has 0 aromatic heterocycles. The van der Waals surface area contributed by atoms with E-state index in [0.29, 0.717) is 27.8 Å². The van der Waals surface area contributed by atoms with Gasteiger partial charge in [0.25, 0.3) is 0 Å². The molecule has 1 aliphatic rings. The summed E-state index contributed by atoms with van der Waals surface area (Å²) >= 11 is 0. The summed E-state index contributed by atoms with van der Waals surface area (Å²) in [4.78, 5) is 25.5. The van der Waals surface area contributed by atoms with Gasteiger partial charge in [-0.1, -0.05) is 61.4 Å². The lowest BCUT2D eigenvalue weighted by Crippen LogP contribution is -2.18. The fourth-order valence-corrected chi connectivity index (χ4v) is 3.56. The number of hydrogen-bond donors (Lipinski definition) is 1. The van der Waals surface area contributed by atoms with Crippen LogP contribution in [0, 0.1) is 11.3 Å². The van der Waals surface area contributed by atoms with Crippen molar-refractivity contribution in [2.45, 2.75) is 25.7 Å². The van der Waals surface area contributed by atoms with Gasteiger partial charge in [0, 0.05) is 16.7 Å². The van der Waals surface area contributed by atoms with Crippen LogP contribution in [0.1, 0.15) is 52.7 Å². The van der Waals surface area contributed by atoms with Gasteiger partial charge in [-0.25, -0.2) is 4.79 Å². The van der Waals surface area contributed by atoms with Gasteiger partial charge in [-0.15, -0.1) is 0 Å². The molecule has 29 heavy (non-hydrogen) atoms. The van der Waals surface area contributed by atoms with Crippen molar-refractivity contribution >= 4 is 17.3 Å². The number of ketones is 1. The van der Waals surface area contributed by atoms with Crippen molar-refractivity contribution in [2.75, 3.05) is 20.2 Å². The molecular weight excluding hydrogens is 364 g/mol. The Kier molecular flexibility index (Phi) is 6.94. The molecule has 0 unspecified atom stereocenters. The number of nitrogens with zero attached hydrogens (tertiary/aromatic N) is 1. The van der Waals surface area contributed by atoms with Crippen molar-refractivity contribution < 1.29 is 14.3 Å². The van der Waals surface area contributed by atoms with Crippen molar-refractivity contribution in [1.82, 2.24) is 5.32 Å². The predicted molar refractivity (Wildman–Crippen MR) is 111 cm³/mol. The summed E-state index contributed by atoms with van der Waals surface area (Å²) in [7, 11) is 1.92. The Morgan fingerprint density at radius 1 is 0.931 bits per heavy atom. The first kappa shape index (κ1) is 20.5. The number of esters is 1. The highest BCUT2D eigenvalue weighted by atomic mass is 16.5. The minimum atomic E-state index is -0.642. The molecule has 0 radical (unpaired) electrons. The summed E-state index contributed by atoms with van der Waals surface area (Å²) in [5.41, 5.74) is 2.58. The highest BCUT2D eigenvalue weighted by Crippen LogP contribution is 2.37. The van der Waals surface area contributed by atoms with E-state index in [0.717, 1.165) is 32.2 Å². The zero-order valence-electron chi connectivity index (χ0n) is 16.5. The number of ether oxygens (including phenoxy) is 1. The average Bonchev–Trinajstić information content (AvgIpc) is 2.76. The average molecular weight is 388 g/mol. The molecule has 2 aromatic rings. The van der Waals surface area contributed by atoms with Crippen LogP contribution in [0.4, 0.5) is 0 Å². The van der Waals surface area contributed by atoms with E-state index in [4.69, 9.17) is 4.74 Å². The van der Waals surface area contributed by atoms with Crippen LogP contribution in [0.5, 0.6) is 0 Å². The summed E-state index contributed by atoms with van der Waals surface area (Å²) in [5, 5.41) is 12.9. The summed E-state index contributed by atoms with van der Waals surface area (Å²) in [5.74, 6) is -0.746. The largest absolute Gasteiger partial charge is 0.462 e. The van der Waals surface area contributed by atoms with E-state index in [2.05, 4.69) is 5.32 Å². The molecule has 0 spiro atoms. The molecule has 3 rings (SSSR count). The number of carbonyl (C=O) groups is 2. The summed E-state index contributed by atoms with van der Waals surface area (Å²) in [6.45, 7) is 1.25. The monoisotopic (exact) mass is 388 g/mol. The van der Waals surface area contributed by atoms with Gasteiger partial charge in [-0.05, 0) is 37.6 Å². The van der Waals surface area contributed by atoms with E-state index in [9.17, 15) is 14.9 Å². The normalized spacial score (nSPS) is 12.0. The standard InChI is InChI=1S/C24H24N2O3/c1-26-14-8-2-3-9-15-29-24(28)21(16-25)22-17-10-4-6-12-19(17)23(27)20-13-7-5-11-18(20)22/h4-7,10-13,26H,2-3,8-9,14-15H2,1H3. The Morgan fingerprint density at radius 3 is 2.03 bits per heavy atom. The second-order valence-electron chi connectivity index (χ2n) is 6.94. The molecule has 0 saturated heterocycles. The molecule has 0 amide bonds. The molecule has 0 heterocycles. The SMILES string of the molecule is CNCCCCCCOC(=O)C(C#N)=C1c2ccccc2C(=O)c2ccccc21. The summed E-state index contributed by atoms with van der Waals surface area (Å²) in [6.07, 6.45) is 3.87. The Hall–Kier alpha value is -3.23. The molecule has 0 aliphatic heterocycles. The van der Waals surface area contributed by atoms with Crippen LogP contribution in [0.3, 0.4) is 0 Å². The maximum absolute atomic E-state index is 12.8. The van der Waals surface area contributed by atoms with Crippen molar-refractivity contribution in [3.63, 3.8) is 0 Å². The van der Waals surface area contributed by atoms with Gasteiger partial charge in [-0.2, -0.15) is 5.26 Å². The van der Waals surface area contributed by atoms with E-state index in [-0.39, 0.29) is 18.0 Å². The second kappa shape index (κ2) is 9.81. The molecule has 0 atom stereocenters. The number of unbranched alkanes of at least 4 members (excludes halogenated alkanes) is 3. The minimum absolute atomic E-state index is 0.0624.